The summed E-state index contributed by atoms with van der Waals surface area (Å²) in [5.74, 6) is 0.129. The number of aromatic nitrogens is 1. The number of piperidine rings is 1. The maximum atomic E-state index is 13.5. The summed E-state index contributed by atoms with van der Waals surface area (Å²) >= 11 is 0. The molecule has 1 saturated heterocycles. The molecule has 1 fully saturated rings. The van der Waals surface area contributed by atoms with Crippen LogP contribution in [0.5, 0.6) is 0 Å². The molecule has 1 aliphatic rings. The Morgan fingerprint density at radius 2 is 1.67 bits per heavy atom. The van der Waals surface area contributed by atoms with Gasteiger partial charge >= 0.3 is 0 Å². The van der Waals surface area contributed by atoms with Crippen LogP contribution in [0, 0.1) is 6.92 Å². The maximum Gasteiger partial charge on any atom is 0.231 e. The normalized spacial score (nSPS) is 16.2. The van der Waals surface area contributed by atoms with Gasteiger partial charge in [0.25, 0.3) is 0 Å². The topological polar surface area (TPSA) is 45.2 Å². The summed E-state index contributed by atoms with van der Waals surface area (Å²) in [5, 5.41) is 3.23. The molecule has 0 radical (unpaired) electrons. The van der Waals surface area contributed by atoms with E-state index in [2.05, 4.69) is 57.7 Å². The molecule has 4 rings (SSSR count). The van der Waals surface area contributed by atoms with Crippen molar-refractivity contribution in [3.63, 3.8) is 0 Å². The quantitative estimate of drug-likeness (QED) is 0.674. The van der Waals surface area contributed by atoms with E-state index in [1.165, 1.54) is 5.56 Å². The van der Waals surface area contributed by atoms with E-state index in [1.807, 2.05) is 37.4 Å². The molecular formula is C26H29N3O. The van der Waals surface area contributed by atoms with Crippen molar-refractivity contribution in [1.82, 2.24) is 15.2 Å². The summed E-state index contributed by atoms with van der Waals surface area (Å²) in [6.07, 6.45) is 5.27. The minimum Gasteiger partial charge on any atom is -0.351 e. The second kappa shape index (κ2) is 9.23. The van der Waals surface area contributed by atoms with E-state index in [-0.39, 0.29) is 5.91 Å². The number of rotatable bonds is 6. The Morgan fingerprint density at radius 3 is 2.33 bits per heavy atom. The summed E-state index contributed by atoms with van der Waals surface area (Å²) < 4.78 is 0. The third-order valence-corrected chi connectivity index (χ3v) is 6.30. The summed E-state index contributed by atoms with van der Waals surface area (Å²) in [7, 11) is 0. The Morgan fingerprint density at radius 1 is 1.00 bits per heavy atom. The number of benzene rings is 2. The van der Waals surface area contributed by atoms with Crippen LogP contribution >= 0.6 is 0 Å². The van der Waals surface area contributed by atoms with Crippen molar-refractivity contribution in [1.29, 1.82) is 0 Å². The number of likely N-dealkylation sites (tertiary alicyclic amines) is 1. The first-order valence-corrected chi connectivity index (χ1v) is 10.7. The van der Waals surface area contributed by atoms with Gasteiger partial charge in [-0.05, 0) is 61.2 Å². The summed E-state index contributed by atoms with van der Waals surface area (Å²) in [4.78, 5) is 20.1. The number of aryl methyl sites for hydroxylation is 1. The molecule has 30 heavy (non-hydrogen) atoms. The smallest absolute Gasteiger partial charge is 0.231 e. The van der Waals surface area contributed by atoms with Crippen LogP contribution in [0.15, 0.2) is 79.1 Å². The molecule has 2 aromatic carbocycles. The Labute approximate surface area is 179 Å². The van der Waals surface area contributed by atoms with Gasteiger partial charge in [-0.25, -0.2) is 0 Å². The molecule has 0 unspecified atom stereocenters. The molecule has 0 atom stereocenters. The highest BCUT2D eigenvalue weighted by atomic mass is 16.2. The lowest BCUT2D eigenvalue weighted by molar-refractivity contribution is -0.129. The molecule has 1 N–H and O–H groups in total. The van der Waals surface area contributed by atoms with Crippen molar-refractivity contribution in [3.8, 4) is 0 Å². The fourth-order valence-corrected chi connectivity index (χ4v) is 4.38. The van der Waals surface area contributed by atoms with E-state index in [4.69, 9.17) is 0 Å². The number of amides is 1. The highest BCUT2D eigenvalue weighted by Crippen LogP contribution is 2.36. The molecular weight excluding hydrogens is 370 g/mol. The number of hydrogen-bond donors (Lipinski definition) is 1. The highest BCUT2D eigenvalue weighted by molar-refractivity contribution is 5.88. The number of carbonyl (C=O) groups excluding carboxylic acids is 1. The predicted molar refractivity (Wildman–Crippen MR) is 120 cm³/mol. The first-order chi connectivity index (χ1) is 14.7. The number of nitrogens with zero attached hydrogens (tertiary/aromatic N) is 2. The van der Waals surface area contributed by atoms with Crippen LogP contribution < -0.4 is 5.32 Å². The fraction of sp³-hybridized carbons (Fsp3) is 0.308. The Balaban J connectivity index is 1.49. The lowest BCUT2D eigenvalue weighted by Crippen LogP contribution is -2.51. The molecule has 154 valence electrons. The zero-order chi connectivity index (χ0) is 20.8. The second-order valence-electron chi connectivity index (χ2n) is 8.19. The molecule has 3 aromatic rings. The van der Waals surface area contributed by atoms with Crippen LogP contribution in [-0.4, -0.2) is 28.9 Å². The third-order valence-electron chi connectivity index (χ3n) is 6.30. The SMILES string of the molecule is Cc1cnccc1CNC(=O)C1(c2ccccc2)CCN(Cc2ccccc2)CC1. The van der Waals surface area contributed by atoms with Crippen molar-refractivity contribution in [2.75, 3.05) is 13.1 Å². The molecule has 4 nitrogen and oxygen atoms in total. The van der Waals surface area contributed by atoms with E-state index in [0.717, 1.165) is 49.2 Å². The molecule has 0 bridgehead atoms. The van der Waals surface area contributed by atoms with Crippen molar-refractivity contribution < 1.29 is 4.79 Å². The Hall–Kier alpha value is -2.98. The van der Waals surface area contributed by atoms with Crippen LogP contribution in [0.1, 0.15) is 35.1 Å². The minimum atomic E-state index is -0.477. The van der Waals surface area contributed by atoms with Gasteiger partial charge in [0.05, 0.1) is 5.41 Å². The molecule has 4 heteroatoms. The average Bonchev–Trinajstić information content (AvgIpc) is 2.80. The standard InChI is InChI=1S/C26H29N3O/c1-21-18-27-15-12-23(21)19-28-25(30)26(24-10-6-3-7-11-24)13-16-29(17-14-26)20-22-8-4-2-5-9-22/h2-12,15,18H,13-14,16-17,19-20H2,1H3,(H,28,30). The number of carbonyl (C=O) groups is 1. The summed E-state index contributed by atoms with van der Waals surface area (Å²) in [6, 6.07) is 22.8. The summed E-state index contributed by atoms with van der Waals surface area (Å²) in [5.41, 5.74) is 4.18. The molecule has 2 heterocycles. The van der Waals surface area contributed by atoms with Crippen molar-refractivity contribution in [2.45, 2.75) is 38.3 Å². The van der Waals surface area contributed by atoms with Gasteiger partial charge in [-0.1, -0.05) is 60.7 Å². The van der Waals surface area contributed by atoms with Crippen LogP contribution in [-0.2, 0) is 23.3 Å². The number of hydrogen-bond acceptors (Lipinski definition) is 3. The number of pyridine rings is 1. The second-order valence-corrected chi connectivity index (χ2v) is 8.19. The minimum absolute atomic E-state index is 0.129. The molecule has 0 aliphatic carbocycles. The first kappa shape index (κ1) is 20.3. The van der Waals surface area contributed by atoms with Gasteiger partial charge in [0, 0.05) is 25.5 Å². The zero-order valence-corrected chi connectivity index (χ0v) is 17.6. The zero-order valence-electron chi connectivity index (χ0n) is 17.6. The molecule has 0 saturated carbocycles. The van der Waals surface area contributed by atoms with Gasteiger partial charge in [0.15, 0.2) is 0 Å². The number of nitrogens with one attached hydrogen (secondary N) is 1. The Bertz CT molecular complexity index is 964. The Kier molecular flexibility index (Phi) is 6.24. The van der Waals surface area contributed by atoms with Crippen LogP contribution in [0.4, 0.5) is 0 Å². The van der Waals surface area contributed by atoms with Crippen LogP contribution in [0.25, 0.3) is 0 Å². The lowest BCUT2D eigenvalue weighted by Gasteiger charge is -2.41. The predicted octanol–water partition coefficient (Wildman–Crippen LogP) is 4.24. The van der Waals surface area contributed by atoms with Crippen molar-refractivity contribution >= 4 is 5.91 Å². The lowest BCUT2D eigenvalue weighted by atomic mass is 9.72. The van der Waals surface area contributed by atoms with Crippen molar-refractivity contribution in [2.24, 2.45) is 0 Å². The van der Waals surface area contributed by atoms with Gasteiger partial charge in [-0.15, -0.1) is 0 Å². The largest absolute Gasteiger partial charge is 0.351 e. The van der Waals surface area contributed by atoms with E-state index in [1.54, 1.807) is 6.20 Å². The van der Waals surface area contributed by atoms with E-state index < -0.39 is 5.41 Å². The van der Waals surface area contributed by atoms with Crippen molar-refractivity contribution in [3.05, 3.63) is 101 Å². The van der Waals surface area contributed by atoms with E-state index >= 15 is 0 Å². The van der Waals surface area contributed by atoms with Gasteiger partial charge in [0.2, 0.25) is 5.91 Å². The van der Waals surface area contributed by atoms with Crippen LogP contribution in [0.2, 0.25) is 0 Å². The molecule has 1 aliphatic heterocycles. The third kappa shape index (κ3) is 4.44. The highest BCUT2D eigenvalue weighted by Gasteiger charge is 2.42. The van der Waals surface area contributed by atoms with Crippen LogP contribution in [0.3, 0.4) is 0 Å². The average molecular weight is 400 g/mol. The maximum absolute atomic E-state index is 13.5. The monoisotopic (exact) mass is 399 g/mol. The molecule has 1 amide bonds. The van der Waals surface area contributed by atoms with Gasteiger partial charge < -0.3 is 5.32 Å². The summed E-state index contributed by atoms with van der Waals surface area (Å²) in [6.45, 7) is 5.32. The molecule has 0 spiro atoms. The fourth-order valence-electron chi connectivity index (χ4n) is 4.38. The van der Waals surface area contributed by atoms with Gasteiger partial charge in [-0.2, -0.15) is 0 Å². The first-order valence-electron chi connectivity index (χ1n) is 10.7. The van der Waals surface area contributed by atoms with E-state index in [9.17, 15) is 4.79 Å². The molecule has 1 aromatic heterocycles. The van der Waals surface area contributed by atoms with Gasteiger partial charge in [0.1, 0.15) is 0 Å². The van der Waals surface area contributed by atoms with Gasteiger partial charge in [-0.3, -0.25) is 14.7 Å². The van der Waals surface area contributed by atoms with E-state index in [0.29, 0.717) is 6.54 Å².